The van der Waals surface area contributed by atoms with Crippen molar-refractivity contribution < 1.29 is 27.1 Å². The van der Waals surface area contributed by atoms with E-state index in [9.17, 15) is 22.4 Å². The van der Waals surface area contributed by atoms with Crippen molar-refractivity contribution in [2.24, 2.45) is 0 Å². The Balaban J connectivity index is 2.07. The molecule has 8 nitrogen and oxygen atoms in total. The Kier molecular flexibility index (Phi) is 10.8. The molecule has 0 heterocycles. The molecule has 0 bridgehead atoms. The summed E-state index contributed by atoms with van der Waals surface area (Å²) in [7, 11) is -2.85. The second kappa shape index (κ2) is 13.8. The molecule has 0 aliphatic heterocycles. The highest BCUT2D eigenvalue weighted by Gasteiger charge is 2.33. The summed E-state index contributed by atoms with van der Waals surface area (Å²) < 4.78 is 48.6. The fourth-order valence-corrected chi connectivity index (χ4v) is 5.69. The van der Waals surface area contributed by atoms with E-state index in [1.54, 1.807) is 18.2 Å². The van der Waals surface area contributed by atoms with Crippen LogP contribution in [-0.4, -0.2) is 50.9 Å². The van der Waals surface area contributed by atoms with Gasteiger partial charge in [-0.2, -0.15) is 0 Å². The predicted octanol–water partition coefficient (Wildman–Crippen LogP) is 5.32. The molecule has 41 heavy (non-hydrogen) atoms. The Morgan fingerprint density at radius 1 is 1.05 bits per heavy atom. The summed E-state index contributed by atoms with van der Waals surface area (Å²) in [4.78, 5) is 28.2. The molecular weight excluding hydrogens is 569 g/mol. The van der Waals surface area contributed by atoms with Gasteiger partial charge in [-0.1, -0.05) is 54.4 Å². The quantitative estimate of drug-likeness (QED) is 0.302. The molecule has 0 aliphatic carbocycles. The zero-order chi connectivity index (χ0) is 30.3. The van der Waals surface area contributed by atoms with Gasteiger partial charge in [0.15, 0.2) is 0 Å². The highest BCUT2D eigenvalue weighted by Crippen LogP contribution is 2.32. The van der Waals surface area contributed by atoms with E-state index in [4.69, 9.17) is 16.3 Å². The van der Waals surface area contributed by atoms with Gasteiger partial charge in [0, 0.05) is 18.2 Å². The van der Waals surface area contributed by atoms with Crippen LogP contribution in [0.25, 0.3) is 0 Å². The maximum atomic E-state index is 14.7. The van der Waals surface area contributed by atoms with Crippen molar-refractivity contribution in [3.05, 3.63) is 88.7 Å². The summed E-state index contributed by atoms with van der Waals surface area (Å²) in [6.45, 7) is 6.17. The minimum absolute atomic E-state index is 0.0361. The number of amides is 2. The lowest BCUT2D eigenvalue weighted by molar-refractivity contribution is -0.139. The van der Waals surface area contributed by atoms with Crippen LogP contribution in [0.5, 0.6) is 5.75 Å². The number of ether oxygens (including phenoxy) is 1. The monoisotopic (exact) mass is 603 g/mol. The summed E-state index contributed by atoms with van der Waals surface area (Å²) in [6.07, 6.45) is 0.667. The first-order chi connectivity index (χ1) is 19.4. The molecule has 0 saturated heterocycles. The molecule has 0 saturated carbocycles. The fraction of sp³-hybridized carbons (Fsp3) is 0.333. The number of benzene rings is 3. The average Bonchev–Trinajstić information content (AvgIpc) is 2.95. The highest BCUT2D eigenvalue weighted by atomic mass is 35.5. The van der Waals surface area contributed by atoms with Crippen LogP contribution in [0.3, 0.4) is 0 Å². The number of methoxy groups -OCH3 is 1. The second-order valence-corrected chi connectivity index (χ2v) is 12.0. The minimum Gasteiger partial charge on any atom is -0.495 e. The van der Waals surface area contributed by atoms with E-state index < -0.39 is 40.2 Å². The van der Waals surface area contributed by atoms with Crippen LogP contribution in [0.15, 0.2) is 71.6 Å². The Hall–Kier alpha value is -3.63. The topological polar surface area (TPSA) is 96.0 Å². The molecule has 2 atom stereocenters. The van der Waals surface area contributed by atoms with Crippen LogP contribution in [0.4, 0.5) is 10.1 Å². The van der Waals surface area contributed by atoms with E-state index in [1.807, 2.05) is 20.8 Å². The van der Waals surface area contributed by atoms with Crippen LogP contribution >= 0.6 is 11.6 Å². The van der Waals surface area contributed by atoms with Crippen molar-refractivity contribution in [2.45, 2.75) is 57.6 Å². The second-order valence-electron chi connectivity index (χ2n) is 9.75. The SMILES string of the molecule is CC[C@@H](C)NC(=O)[C@H](C)N(Cc1ccccc1F)C(=O)CN(c1ccc(OC)c(Cl)c1)S(=O)(=O)c1ccc(C)cc1. The third-order valence-corrected chi connectivity index (χ3v) is 8.86. The van der Waals surface area contributed by atoms with Crippen LogP contribution in [0.2, 0.25) is 5.02 Å². The number of hydrogen-bond acceptors (Lipinski definition) is 5. The molecule has 3 aromatic carbocycles. The molecule has 11 heteroatoms. The minimum atomic E-state index is -4.27. The molecule has 2 amide bonds. The third kappa shape index (κ3) is 7.77. The van der Waals surface area contributed by atoms with Gasteiger partial charge in [-0.3, -0.25) is 13.9 Å². The molecule has 0 aromatic heterocycles. The van der Waals surface area contributed by atoms with Gasteiger partial charge in [0.1, 0.15) is 24.2 Å². The number of nitrogens with one attached hydrogen (secondary N) is 1. The van der Waals surface area contributed by atoms with Crippen molar-refractivity contribution >= 4 is 39.1 Å². The molecule has 0 spiro atoms. The van der Waals surface area contributed by atoms with E-state index in [0.29, 0.717) is 12.2 Å². The molecule has 0 fully saturated rings. The Bertz CT molecular complexity index is 1480. The lowest BCUT2D eigenvalue weighted by Crippen LogP contribution is -2.52. The van der Waals surface area contributed by atoms with Gasteiger partial charge in [-0.05, 0) is 63.6 Å². The molecular formula is C30H35ClFN3O5S. The van der Waals surface area contributed by atoms with E-state index in [2.05, 4.69) is 5.32 Å². The van der Waals surface area contributed by atoms with E-state index in [-0.39, 0.29) is 33.8 Å². The average molecular weight is 604 g/mol. The standard InChI is InChI=1S/C30H35ClFN3O5S/c1-6-21(3)33-30(37)22(4)34(18-23-9-7-8-10-27(23)32)29(36)19-35(24-13-16-28(40-5)26(31)17-24)41(38,39)25-14-11-20(2)12-15-25/h7-17,21-22H,6,18-19H2,1-5H3,(H,33,37)/t21-,22+/m1/s1. The number of halogens is 2. The van der Waals surface area contributed by atoms with Gasteiger partial charge in [0.25, 0.3) is 10.0 Å². The summed E-state index contributed by atoms with van der Waals surface area (Å²) >= 11 is 6.33. The highest BCUT2D eigenvalue weighted by molar-refractivity contribution is 7.92. The molecule has 0 unspecified atom stereocenters. The maximum absolute atomic E-state index is 14.7. The first-order valence-electron chi connectivity index (χ1n) is 13.1. The molecule has 1 N–H and O–H groups in total. The van der Waals surface area contributed by atoms with E-state index in [0.717, 1.165) is 9.87 Å². The van der Waals surface area contributed by atoms with Gasteiger partial charge in [0.2, 0.25) is 11.8 Å². The largest absolute Gasteiger partial charge is 0.495 e. The summed E-state index contributed by atoms with van der Waals surface area (Å²) in [5, 5.41) is 2.99. The van der Waals surface area contributed by atoms with Crippen molar-refractivity contribution in [1.29, 1.82) is 0 Å². The molecule has 3 aromatic rings. The number of carbonyl (C=O) groups excluding carboxylic acids is 2. The summed E-state index contributed by atoms with van der Waals surface area (Å²) in [5.41, 5.74) is 1.16. The molecule has 0 radical (unpaired) electrons. The third-order valence-electron chi connectivity index (χ3n) is 6.78. The van der Waals surface area contributed by atoms with Gasteiger partial charge < -0.3 is 15.0 Å². The van der Waals surface area contributed by atoms with E-state index >= 15 is 0 Å². The maximum Gasteiger partial charge on any atom is 0.264 e. The van der Waals surface area contributed by atoms with E-state index in [1.165, 1.54) is 67.5 Å². The first kappa shape index (κ1) is 31.9. The van der Waals surface area contributed by atoms with Crippen LogP contribution in [0.1, 0.15) is 38.3 Å². The smallest absolute Gasteiger partial charge is 0.264 e. The lowest BCUT2D eigenvalue weighted by atomic mass is 10.1. The van der Waals surface area contributed by atoms with Crippen molar-refractivity contribution in [3.8, 4) is 5.75 Å². The van der Waals surface area contributed by atoms with Crippen LogP contribution < -0.4 is 14.4 Å². The van der Waals surface area contributed by atoms with Gasteiger partial charge in [0.05, 0.1) is 22.7 Å². The van der Waals surface area contributed by atoms with Crippen molar-refractivity contribution in [2.75, 3.05) is 18.0 Å². The van der Waals surface area contributed by atoms with Crippen LogP contribution in [-0.2, 0) is 26.2 Å². The van der Waals surface area contributed by atoms with Gasteiger partial charge in [-0.15, -0.1) is 0 Å². The summed E-state index contributed by atoms with van der Waals surface area (Å²) in [6, 6.07) is 15.3. The Morgan fingerprint density at radius 2 is 1.71 bits per heavy atom. The number of aryl methyl sites for hydroxylation is 1. The molecule has 0 aliphatic rings. The van der Waals surface area contributed by atoms with Crippen LogP contribution in [0, 0.1) is 12.7 Å². The number of hydrogen-bond donors (Lipinski definition) is 1. The number of sulfonamides is 1. The predicted molar refractivity (Wildman–Crippen MR) is 158 cm³/mol. The number of rotatable bonds is 12. The normalized spacial score (nSPS) is 12.8. The molecule has 3 rings (SSSR count). The van der Waals surface area contributed by atoms with Gasteiger partial charge >= 0.3 is 0 Å². The Morgan fingerprint density at radius 3 is 2.29 bits per heavy atom. The number of carbonyl (C=O) groups is 2. The first-order valence-corrected chi connectivity index (χ1v) is 15.0. The number of anilines is 1. The zero-order valence-electron chi connectivity index (χ0n) is 23.7. The summed E-state index contributed by atoms with van der Waals surface area (Å²) in [5.74, 6) is -1.37. The lowest BCUT2D eigenvalue weighted by Gasteiger charge is -2.32. The number of nitrogens with zero attached hydrogens (tertiary/aromatic N) is 2. The zero-order valence-corrected chi connectivity index (χ0v) is 25.3. The molecule has 220 valence electrons. The van der Waals surface area contributed by atoms with Gasteiger partial charge in [-0.25, -0.2) is 12.8 Å². The van der Waals surface area contributed by atoms with Crippen molar-refractivity contribution in [3.63, 3.8) is 0 Å². The Labute approximate surface area is 246 Å². The fourth-order valence-electron chi connectivity index (χ4n) is 4.03. The van der Waals surface area contributed by atoms with Crippen molar-refractivity contribution in [1.82, 2.24) is 10.2 Å².